The molecule has 40 heavy (non-hydrogen) atoms. The molecule has 2 N–H and O–H groups in total. The fourth-order valence-electron chi connectivity index (χ4n) is 4.54. The molecule has 216 valence electrons. The molecule has 0 aliphatic rings. The number of hydrogen-bond donors (Lipinski definition) is 2. The van der Waals surface area contributed by atoms with Crippen molar-refractivity contribution in [1.82, 2.24) is 19.8 Å². The van der Waals surface area contributed by atoms with Gasteiger partial charge in [0, 0.05) is 42.8 Å². The van der Waals surface area contributed by atoms with Crippen LogP contribution in [0.25, 0.3) is 11.1 Å². The third-order valence-corrected chi connectivity index (χ3v) is 6.19. The summed E-state index contributed by atoms with van der Waals surface area (Å²) in [4.78, 5) is 41.7. The number of carboxylic acids is 1. The van der Waals surface area contributed by atoms with Gasteiger partial charge in [-0.1, -0.05) is 26.0 Å². The summed E-state index contributed by atoms with van der Waals surface area (Å²) in [6.45, 7) is 8.74. The molecule has 0 saturated carbocycles. The number of amides is 1. The van der Waals surface area contributed by atoms with Crippen LogP contribution in [0.2, 0.25) is 0 Å². The van der Waals surface area contributed by atoms with Gasteiger partial charge >= 0.3 is 5.97 Å². The molecule has 1 amide bonds. The molecule has 9 nitrogen and oxygen atoms in total. The standard InChI is InChI=1S/C17H27N3O4.C14H15NO/c1-12(2)10-14(17(24)18-9-8-16(22)23)20-13(11-19(3)4)6-5-7-15(20)21;1-10-7-13(16-3)8-11(2)14(10)12-5-4-6-15-9-12/h5-7,12,14H,8-11H2,1-4H3,(H,18,24)(H,22,23);4-9H,1-3H3. The molecule has 0 aliphatic carbocycles. The van der Waals surface area contributed by atoms with Crippen molar-refractivity contribution in [2.24, 2.45) is 5.92 Å². The quantitative estimate of drug-likeness (QED) is 0.362. The highest BCUT2D eigenvalue weighted by atomic mass is 16.5. The molecule has 2 aromatic heterocycles. The first kappa shape index (κ1) is 32.2. The van der Waals surface area contributed by atoms with Gasteiger partial charge in [0.2, 0.25) is 5.91 Å². The zero-order valence-corrected chi connectivity index (χ0v) is 24.6. The fraction of sp³-hybridized carbons (Fsp3) is 0.419. The van der Waals surface area contributed by atoms with E-state index in [9.17, 15) is 14.4 Å². The Balaban J connectivity index is 0.000000302. The summed E-state index contributed by atoms with van der Waals surface area (Å²) < 4.78 is 6.77. The molecule has 9 heteroatoms. The van der Waals surface area contributed by atoms with E-state index >= 15 is 0 Å². The van der Waals surface area contributed by atoms with Crippen molar-refractivity contribution in [1.29, 1.82) is 0 Å². The maximum absolute atomic E-state index is 12.6. The van der Waals surface area contributed by atoms with E-state index in [1.54, 1.807) is 19.4 Å². The summed E-state index contributed by atoms with van der Waals surface area (Å²) in [5.41, 5.74) is 5.35. The lowest BCUT2D eigenvalue weighted by Crippen LogP contribution is -2.40. The molecule has 3 aromatic rings. The highest BCUT2D eigenvalue weighted by molar-refractivity contribution is 5.81. The van der Waals surface area contributed by atoms with Crippen LogP contribution in [0.15, 0.2) is 59.7 Å². The van der Waals surface area contributed by atoms with Crippen LogP contribution in [0.3, 0.4) is 0 Å². The Kier molecular flexibility index (Phi) is 12.5. The van der Waals surface area contributed by atoms with Crippen molar-refractivity contribution >= 4 is 11.9 Å². The van der Waals surface area contributed by atoms with E-state index in [-0.39, 0.29) is 30.3 Å². The largest absolute Gasteiger partial charge is 0.497 e. The molecule has 1 atom stereocenters. The molecule has 2 heterocycles. The number of carbonyl (C=O) groups excluding carboxylic acids is 1. The number of methoxy groups -OCH3 is 1. The minimum Gasteiger partial charge on any atom is -0.497 e. The third kappa shape index (κ3) is 9.64. The first-order valence-electron chi connectivity index (χ1n) is 13.3. The van der Waals surface area contributed by atoms with Crippen molar-refractivity contribution in [2.45, 2.75) is 53.1 Å². The van der Waals surface area contributed by atoms with Crippen LogP contribution in [0.1, 0.15) is 49.6 Å². The Morgan fingerprint density at radius 2 is 1.77 bits per heavy atom. The van der Waals surface area contributed by atoms with Gasteiger partial charge in [-0.15, -0.1) is 0 Å². The maximum atomic E-state index is 12.6. The number of ether oxygens (including phenoxy) is 1. The minimum atomic E-state index is -0.971. The van der Waals surface area contributed by atoms with E-state index in [4.69, 9.17) is 9.84 Å². The number of benzene rings is 1. The number of carboxylic acid groups (broad SMARTS) is 1. The summed E-state index contributed by atoms with van der Waals surface area (Å²) in [6.07, 6.45) is 4.04. The minimum absolute atomic E-state index is 0.0490. The number of nitrogens with one attached hydrogen (secondary N) is 1. The smallest absolute Gasteiger partial charge is 0.305 e. The van der Waals surface area contributed by atoms with Crippen LogP contribution in [0.5, 0.6) is 5.75 Å². The van der Waals surface area contributed by atoms with Gasteiger partial charge < -0.3 is 20.1 Å². The van der Waals surface area contributed by atoms with Crippen LogP contribution in [-0.2, 0) is 16.1 Å². The molecular weight excluding hydrogens is 508 g/mol. The van der Waals surface area contributed by atoms with Gasteiger partial charge in [-0.3, -0.25) is 23.9 Å². The fourth-order valence-corrected chi connectivity index (χ4v) is 4.54. The Labute approximate surface area is 236 Å². The van der Waals surface area contributed by atoms with Crippen molar-refractivity contribution in [2.75, 3.05) is 27.7 Å². The Morgan fingerprint density at radius 3 is 2.30 bits per heavy atom. The van der Waals surface area contributed by atoms with Crippen LogP contribution in [-0.4, -0.2) is 59.2 Å². The lowest BCUT2D eigenvalue weighted by molar-refractivity contribution is -0.137. The van der Waals surface area contributed by atoms with E-state index in [0.717, 1.165) is 17.0 Å². The molecule has 0 spiro atoms. The number of aliphatic carboxylic acids is 1. The average molecular weight is 551 g/mol. The molecule has 0 bridgehead atoms. The Hall–Kier alpha value is -3.98. The van der Waals surface area contributed by atoms with Crippen LogP contribution < -0.4 is 15.6 Å². The van der Waals surface area contributed by atoms with Gasteiger partial charge in [-0.25, -0.2) is 0 Å². The van der Waals surface area contributed by atoms with Crippen molar-refractivity contribution in [3.05, 3.63) is 82.0 Å². The summed E-state index contributed by atoms with van der Waals surface area (Å²) in [6, 6.07) is 12.4. The second kappa shape index (κ2) is 15.6. The van der Waals surface area contributed by atoms with Gasteiger partial charge in [-0.05, 0) is 81.2 Å². The average Bonchev–Trinajstić information content (AvgIpc) is 2.87. The molecule has 0 fully saturated rings. The number of nitrogens with zero attached hydrogens (tertiary/aromatic N) is 3. The summed E-state index contributed by atoms with van der Waals surface area (Å²) in [5, 5.41) is 11.3. The molecule has 0 aliphatic heterocycles. The number of pyridine rings is 2. The number of hydrogen-bond acceptors (Lipinski definition) is 6. The van der Waals surface area contributed by atoms with Gasteiger partial charge in [0.25, 0.3) is 5.56 Å². The van der Waals surface area contributed by atoms with Gasteiger partial charge in [0.15, 0.2) is 0 Å². The second-order valence-corrected chi connectivity index (χ2v) is 10.4. The zero-order valence-electron chi connectivity index (χ0n) is 24.6. The maximum Gasteiger partial charge on any atom is 0.305 e. The van der Waals surface area contributed by atoms with Crippen molar-refractivity contribution in [3.8, 4) is 16.9 Å². The molecule has 1 unspecified atom stereocenters. The van der Waals surface area contributed by atoms with Crippen molar-refractivity contribution in [3.63, 3.8) is 0 Å². The monoisotopic (exact) mass is 550 g/mol. The molecule has 3 rings (SSSR count). The van der Waals surface area contributed by atoms with Gasteiger partial charge in [-0.2, -0.15) is 0 Å². The highest BCUT2D eigenvalue weighted by Gasteiger charge is 2.24. The van der Waals surface area contributed by atoms with Crippen LogP contribution in [0.4, 0.5) is 0 Å². The SMILES string of the molecule is CC(C)CC(C(=O)NCCC(=O)O)n1c(CN(C)C)cccc1=O.COc1cc(C)c(-c2cccnc2)c(C)c1. The molecule has 0 radical (unpaired) electrons. The first-order valence-corrected chi connectivity index (χ1v) is 13.3. The number of aromatic nitrogens is 2. The predicted octanol–water partition coefficient (Wildman–Crippen LogP) is 4.46. The summed E-state index contributed by atoms with van der Waals surface area (Å²) >= 11 is 0. The van der Waals surface area contributed by atoms with Gasteiger partial charge in [0.1, 0.15) is 11.8 Å². The van der Waals surface area contributed by atoms with E-state index < -0.39 is 12.0 Å². The third-order valence-electron chi connectivity index (χ3n) is 6.19. The highest BCUT2D eigenvalue weighted by Crippen LogP contribution is 2.30. The van der Waals surface area contributed by atoms with Crippen molar-refractivity contribution < 1.29 is 19.4 Å². The summed E-state index contributed by atoms with van der Waals surface area (Å²) in [5.74, 6) is -0.179. The second-order valence-electron chi connectivity index (χ2n) is 10.4. The predicted molar refractivity (Wildman–Crippen MR) is 158 cm³/mol. The number of carbonyl (C=O) groups is 2. The Morgan fingerprint density at radius 1 is 1.10 bits per heavy atom. The topological polar surface area (TPSA) is 114 Å². The molecule has 0 saturated heterocycles. The number of aryl methyl sites for hydroxylation is 2. The van der Waals surface area contributed by atoms with E-state index in [0.29, 0.717) is 13.0 Å². The lowest BCUT2D eigenvalue weighted by Gasteiger charge is -2.25. The first-order chi connectivity index (χ1) is 18.9. The van der Waals surface area contributed by atoms with Crippen LogP contribution >= 0.6 is 0 Å². The van der Waals surface area contributed by atoms with Gasteiger partial charge in [0.05, 0.1) is 13.5 Å². The molecule has 1 aromatic carbocycles. The Bertz CT molecular complexity index is 1300. The molecular formula is C31H42N4O5. The van der Waals surface area contributed by atoms with E-state index in [1.165, 1.54) is 27.3 Å². The normalized spacial score (nSPS) is 11.5. The van der Waals surface area contributed by atoms with E-state index in [1.807, 2.05) is 51.2 Å². The summed E-state index contributed by atoms with van der Waals surface area (Å²) in [7, 11) is 5.48. The zero-order chi connectivity index (χ0) is 29.8. The van der Waals surface area contributed by atoms with Crippen LogP contribution in [0, 0.1) is 19.8 Å². The van der Waals surface area contributed by atoms with E-state index in [2.05, 4.69) is 42.3 Å². The lowest BCUT2D eigenvalue weighted by atomic mass is 9.97. The number of rotatable bonds is 11.